The second kappa shape index (κ2) is 17.2. The van der Waals surface area contributed by atoms with E-state index in [0.29, 0.717) is 38.0 Å². The lowest BCUT2D eigenvalue weighted by molar-refractivity contribution is -0.144. The summed E-state index contributed by atoms with van der Waals surface area (Å²) in [6, 6.07) is 16.1. The van der Waals surface area contributed by atoms with Gasteiger partial charge < -0.3 is 49.3 Å². The van der Waals surface area contributed by atoms with E-state index in [1.165, 1.54) is 14.2 Å². The van der Waals surface area contributed by atoms with E-state index in [1.807, 2.05) is 45.9 Å². The zero-order valence-electron chi connectivity index (χ0n) is 33.5. The molecule has 0 saturated carbocycles. The van der Waals surface area contributed by atoms with E-state index in [9.17, 15) is 19.2 Å². The Morgan fingerprint density at radius 1 is 0.707 bits per heavy atom. The van der Waals surface area contributed by atoms with Crippen molar-refractivity contribution in [2.24, 2.45) is 11.8 Å². The van der Waals surface area contributed by atoms with Crippen LogP contribution in [-0.2, 0) is 28.5 Å². The summed E-state index contributed by atoms with van der Waals surface area (Å²) in [6.45, 7) is 9.56. The minimum Gasteiger partial charge on any atom is -0.453 e. The van der Waals surface area contributed by atoms with Crippen molar-refractivity contribution in [1.82, 2.24) is 40.4 Å². The first-order valence-electron chi connectivity index (χ1n) is 19.5. The van der Waals surface area contributed by atoms with E-state index >= 15 is 0 Å². The van der Waals surface area contributed by atoms with Crippen LogP contribution in [0.2, 0.25) is 0 Å². The number of ether oxygens (including phenoxy) is 4. The highest BCUT2D eigenvalue weighted by atomic mass is 16.5. The van der Waals surface area contributed by atoms with E-state index < -0.39 is 36.4 Å². The van der Waals surface area contributed by atoms with E-state index in [2.05, 4.69) is 62.0 Å². The molecule has 306 valence electrons. The SMILES string of the molecule is COC(=O)N[C@H](C(=O)N1CCOC[C@H]1c1ncc(-c2ccc3cc(-c4ccc5nc([C@@H]6COCCN6C(=O)[C@@H](NC(=O)OC)C(C)C)[nH]c5c4)ccc3c2)[nH]1)C(C)C. The van der Waals surface area contributed by atoms with Crippen LogP contribution in [0.3, 0.4) is 0 Å². The second-order valence-corrected chi connectivity index (χ2v) is 15.3. The van der Waals surface area contributed by atoms with Gasteiger partial charge in [0.15, 0.2) is 0 Å². The number of aromatic nitrogens is 4. The predicted octanol–water partition coefficient (Wildman–Crippen LogP) is 5.33. The number of aromatic amines is 2. The monoisotopic (exact) mass is 794 g/mol. The third kappa shape index (κ3) is 8.34. The van der Waals surface area contributed by atoms with E-state index in [-0.39, 0.29) is 36.9 Å². The van der Waals surface area contributed by atoms with Gasteiger partial charge in [0.05, 0.1) is 63.6 Å². The van der Waals surface area contributed by atoms with Gasteiger partial charge in [0.2, 0.25) is 11.8 Å². The van der Waals surface area contributed by atoms with Crippen LogP contribution in [0.4, 0.5) is 9.59 Å². The third-order valence-corrected chi connectivity index (χ3v) is 10.8. The average Bonchev–Trinajstić information content (AvgIpc) is 3.91. The van der Waals surface area contributed by atoms with Gasteiger partial charge in [0, 0.05) is 18.7 Å². The number of methoxy groups -OCH3 is 2. The summed E-state index contributed by atoms with van der Waals surface area (Å²) in [6.07, 6.45) is 0.449. The minimum absolute atomic E-state index is 0.156. The van der Waals surface area contributed by atoms with Crippen molar-refractivity contribution in [3.8, 4) is 22.4 Å². The molecular formula is C42H50N8O8. The standard InChI is InChI=1S/C42H50N8O8/c1-23(2)35(47-41(53)55-5)39(51)49-13-15-57-21-33(49)37-43-20-32(46-37)29-10-9-25-17-26(7-8-27(25)18-29)28-11-12-30-31(19-28)45-38(44-30)34-22-58-16-14-50(34)40(52)36(24(3)4)48-42(54)56-6/h7-12,17-20,23-24,33-36H,13-16,21-22H2,1-6H3,(H,43,46)(H,44,45)(H,47,53)(H,48,54)/t33-,34-,35-,36-/m0/s1. The molecule has 2 fully saturated rings. The molecule has 0 radical (unpaired) electrons. The molecule has 4 N–H and O–H groups in total. The Bertz CT molecular complexity index is 2300. The topological polar surface area (TPSA) is 193 Å². The van der Waals surface area contributed by atoms with Crippen molar-refractivity contribution < 1.29 is 38.1 Å². The van der Waals surface area contributed by atoms with Crippen LogP contribution in [0.5, 0.6) is 0 Å². The highest BCUT2D eigenvalue weighted by Gasteiger charge is 2.38. The molecule has 16 nitrogen and oxygen atoms in total. The number of rotatable bonds is 10. The quantitative estimate of drug-likeness (QED) is 0.144. The van der Waals surface area contributed by atoms with Crippen molar-refractivity contribution in [3.63, 3.8) is 0 Å². The van der Waals surface area contributed by atoms with Crippen molar-refractivity contribution in [3.05, 3.63) is 72.4 Å². The largest absolute Gasteiger partial charge is 0.453 e. The van der Waals surface area contributed by atoms with Crippen molar-refractivity contribution in [2.75, 3.05) is 53.7 Å². The van der Waals surface area contributed by atoms with Crippen LogP contribution >= 0.6 is 0 Å². The number of hydrogen-bond donors (Lipinski definition) is 4. The van der Waals surface area contributed by atoms with Crippen LogP contribution in [0.25, 0.3) is 44.2 Å². The first-order chi connectivity index (χ1) is 27.9. The molecule has 0 aliphatic carbocycles. The van der Waals surface area contributed by atoms with Gasteiger partial charge >= 0.3 is 12.2 Å². The molecule has 4 amide bonds. The number of alkyl carbamates (subject to hydrolysis) is 2. The van der Waals surface area contributed by atoms with Gasteiger partial charge in [-0.1, -0.05) is 58.0 Å². The van der Waals surface area contributed by atoms with Gasteiger partial charge in [-0.15, -0.1) is 0 Å². The Morgan fingerprint density at radius 2 is 1.22 bits per heavy atom. The molecule has 2 aromatic heterocycles. The van der Waals surface area contributed by atoms with Crippen LogP contribution in [0.1, 0.15) is 51.4 Å². The lowest BCUT2D eigenvalue weighted by atomic mass is 9.99. The average molecular weight is 795 g/mol. The highest BCUT2D eigenvalue weighted by molar-refractivity contribution is 5.92. The summed E-state index contributed by atoms with van der Waals surface area (Å²) < 4.78 is 21.1. The molecule has 58 heavy (non-hydrogen) atoms. The summed E-state index contributed by atoms with van der Waals surface area (Å²) in [7, 11) is 2.55. The first-order valence-corrected chi connectivity index (χ1v) is 19.5. The second-order valence-electron chi connectivity index (χ2n) is 15.3. The van der Waals surface area contributed by atoms with Gasteiger partial charge in [0.25, 0.3) is 0 Å². The molecular weight excluding hydrogens is 745 g/mol. The zero-order valence-corrected chi connectivity index (χ0v) is 33.5. The number of nitrogens with one attached hydrogen (secondary N) is 4. The van der Waals surface area contributed by atoms with E-state index in [1.54, 1.807) is 16.0 Å². The number of fused-ring (bicyclic) bond motifs is 2. The smallest absolute Gasteiger partial charge is 0.407 e. The van der Waals surface area contributed by atoms with Crippen molar-refractivity contribution in [2.45, 2.75) is 51.9 Å². The number of carbonyl (C=O) groups excluding carboxylic acids is 4. The van der Waals surface area contributed by atoms with Gasteiger partial charge in [-0.05, 0) is 58.0 Å². The number of carbonyl (C=O) groups is 4. The number of imidazole rings is 2. The number of benzene rings is 3. The summed E-state index contributed by atoms with van der Waals surface area (Å²) >= 11 is 0. The Hall–Kier alpha value is -6.00. The molecule has 4 heterocycles. The molecule has 2 aliphatic heterocycles. The zero-order chi connectivity index (χ0) is 41.1. The third-order valence-electron chi connectivity index (χ3n) is 10.8. The van der Waals surface area contributed by atoms with E-state index in [4.69, 9.17) is 23.9 Å². The first kappa shape index (κ1) is 40.2. The Morgan fingerprint density at radius 3 is 1.79 bits per heavy atom. The van der Waals surface area contributed by atoms with Gasteiger partial charge in [-0.25, -0.2) is 19.6 Å². The lowest BCUT2D eigenvalue weighted by Gasteiger charge is -2.37. The maximum absolute atomic E-state index is 13.7. The summed E-state index contributed by atoms with van der Waals surface area (Å²) in [4.78, 5) is 71.3. The van der Waals surface area contributed by atoms with Gasteiger partial charge in [-0.2, -0.15) is 0 Å². The molecule has 7 rings (SSSR count). The molecule has 16 heteroatoms. The lowest BCUT2D eigenvalue weighted by Crippen LogP contribution is -2.54. The fraction of sp³-hybridized carbons (Fsp3) is 0.429. The molecule has 4 atom stereocenters. The molecule has 2 saturated heterocycles. The van der Waals surface area contributed by atoms with Gasteiger partial charge in [-0.3, -0.25) is 9.59 Å². The van der Waals surface area contributed by atoms with Crippen LogP contribution < -0.4 is 10.6 Å². The van der Waals surface area contributed by atoms with E-state index in [0.717, 1.165) is 44.2 Å². The fourth-order valence-electron chi connectivity index (χ4n) is 7.56. The van der Waals surface area contributed by atoms with Crippen LogP contribution in [0.15, 0.2) is 60.8 Å². The maximum Gasteiger partial charge on any atom is 0.407 e. The Balaban J connectivity index is 1.09. The van der Waals surface area contributed by atoms with Gasteiger partial charge in [0.1, 0.15) is 35.8 Å². The molecule has 0 unspecified atom stereocenters. The number of amides is 4. The number of nitrogens with zero attached hydrogens (tertiary/aromatic N) is 4. The van der Waals surface area contributed by atoms with Crippen molar-refractivity contribution in [1.29, 1.82) is 0 Å². The Kier molecular flexibility index (Phi) is 12.0. The molecule has 5 aromatic rings. The predicted molar refractivity (Wildman–Crippen MR) is 215 cm³/mol. The van der Waals surface area contributed by atoms with Crippen LogP contribution in [0, 0.1) is 11.8 Å². The highest BCUT2D eigenvalue weighted by Crippen LogP contribution is 2.32. The molecule has 0 spiro atoms. The number of morpholine rings is 2. The maximum atomic E-state index is 13.7. The normalized spacial score (nSPS) is 18.3. The summed E-state index contributed by atoms with van der Waals surface area (Å²) in [5.41, 5.74) is 5.35. The molecule has 0 bridgehead atoms. The number of H-pyrrole nitrogens is 2. The Labute approximate surface area is 336 Å². The number of hydrogen-bond acceptors (Lipinski definition) is 10. The molecule has 2 aliphatic rings. The van der Waals surface area contributed by atoms with Crippen LogP contribution in [-0.4, -0.2) is 120 Å². The summed E-state index contributed by atoms with van der Waals surface area (Å²) in [5, 5.41) is 7.45. The van der Waals surface area contributed by atoms with Crippen molar-refractivity contribution >= 4 is 45.8 Å². The fourth-order valence-corrected chi connectivity index (χ4v) is 7.56. The molecule has 3 aromatic carbocycles. The minimum atomic E-state index is -0.758. The summed E-state index contributed by atoms with van der Waals surface area (Å²) in [5.74, 6) is 0.460.